The molecule has 19 heavy (non-hydrogen) atoms. The maximum atomic E-state index is 12.2. The van der Waals surface area contributed by atoms with Crippen molar-refractivity contribution < 1.29 is 8.42 Å². The zero-order chi connectivity index (χ0) is 14.6. The van der Waals surface area contributed by atoms with Crippen LogP contribution in [0.2, 0.25) is 0 Å². The predicted octanol–water partition coefficient (Wildman–Crippen LogP) is 1.33. The summed E-state index contributed by atoms with van der Waals surface area (Å²) in [4.78, 5) is 0.274. The fraction of sp³-hybridized carbons (Fsp3) is 0.538. The third-order valence-corrected chi connectivity index (χ3v) is 4.90. The van der Waals surface area contributed by atoms with Gasteiger partial charge in [0.1, 0.15) is 4.90 Å². The Labute approximate surface area is 115 Å². The van der Waals surface area contributed by atoms with E-state index in [0.29, 0.717) is 18.2 Å². The maximum Gasteiger partial charge on any atom is 0.244 e. The molecule has 1 aromatic rings. The summed E-state index contributed by atoms with van der Waals surface area (Å²) in [6.45, 7) is 4.61. The van der Waals surface area contributed by atoms with Gasteiger partial charge in [-0.05, 0) is 18.1 Å². The summed E-state index contributed by atoms with van der Waals surface area (Å²) in [6.07, 6.45) is 0. The molecule has 0 fully saturated rings. The number of hydrogen-bond donors (Lipinski definition) is 2. The van der Waals surface area contributed by atoms with E-state index in [1.54, 1.807) is 24.3 Å². The Morgan fingerprint density at radius 1 is 1.26 bits per heavy atom. The van der Waals surface area contributed by atoms with Gasteiger partial charge in [-0.15, -0.1) is 0 Å². The Balaban J connectivity index is 2.98. The van der Waals surface area contributed by atoms with Crippen LogP contribution in [0.5, 0.6) is 0 Å². The fourth-order valence-corrected chi connectivity index (χ4v) is 2.56. The highest BCUT2D eigenvalue weighted by Crippen LogP contribution is 2.23. The molecule has 0 saturated heterocycles. The lowest BCUT2D eigenvalue weighted by Crippen LogP contribution is -2.34. The molecule has 5 nitrogen and oxygen atoms in total. The van der Waals surface area contributed by atoms with Crippen LogP contribution in [0, 0.1) is 5.92 Å². The summed E-state index contributed by atoms with van der Waals surface area (Å²) in [6, 6.07) is 6.85. The normalized spacial score (nSPS) is 13.8. The van der Waals surface area contributed by atoms with Crippen LogP contribution in [0.1, 0.15) is 13.8 Å². The first-order valence-electron chi connectivity index (χ1n) is 6.27. The van der Waals surface area contributed by atoms with Crippen molar-refractivity contribution in [3.8, 4) is 0 Å². The monoisotopic (exact) mass is 285 g/mol. The minimum atomic E-state index is -3.45. The van der Waals surface area contributed by atoms with Crippen molar-refractivity contribution in [2.75, 3.05) is 26.0 Å². The molecule has 0 saturated carbocycles. The Bertz CT molecular complexity index is 512. The molecule has 3 N–H and O–H groups in total. The van der Waals surface area contributed by atoms with Gasteiger partial charge in [-0.2, -0.15) is 0 Å². The van der Waals surface area contributed by atoms with Crippen LogP contribution in [-0.2, 0) is 10.0 Å². The van der Waals surface area contributed by atoms with Crippen molar-refractivity contribution in [3.05, 3.63) is 24.3 Å². The van der Waals surface area contributed by atoms with Crippen molar-refractivity contribution in [1.82, 2.24) is 4.31 Å². The van der Waals surface area contributed by atoms with Gasteiger partial charge in [0.15, 0.2) is 0 Å². The van der Waals surface area contributed by atoms with Crippen LogP contribution >= 0.6 is 0 Å². The standard InChI is InChI=1S/C13H23N3O2S/c1-10(2)11(14)9-15-12-7-5-6-8-13(12)19(17,18)16(3)4/h5-8,10-11,15H,9,14H2,1-4H3. The SMILES string of the molecule is CC(C)C(N)CNc1ccccc1S(=O)(=O)N(C)C. The number of hydrogen-bond acceptors (Lipinski definition) is 4. The molecule has 1 rings (SSSR count). The van der Waals surface area contributed by atoms with Gasteiger partial charge in [0.05, 0.1) is 5.69 Å². The first-order chi connectivity index (χ1) is 8.76. The second-order valence-electron chi connectivity index (χ2n) is 5.07. The van der Waals surface area contributed by atoms with Crippen molar-refractivity contribution in [2.24, 2.45) is 11.7 Å². The molecule has 1 aromatic carbocycles. The minimum absolute atomic E-state index is 0.0184. The number of nitrogens with one attached hydrogen (secondary N) is 1. The van der Waals surface area contributed by atoms with Gasteiger partial charge in [-0.25, -0.2) is 12.7 Å². The highest BCUT2D eigenvalue weighted by atomic mass is 32.2. The third-order valence-electron chi connectivity index (χ3n) is 3.03. The van der Waals surface area contributed by atoms with E-state index in [1.807, 2.05) is 13.8 Å². The Morgan fingerprint density at radius 3 is 2.37 bits per heavy atom. The summed E-state index contributed by atoms with van der Waals surface area (Å²) in [5, 5.41) is 3.12. The average molecular weight is 285 g/mol. The van der Waals surface area contributed by atoms with Gasteiger partial charge < -0.3 is 11.1 Å². The van der Waals surface area contributed by atoms with Crippen molar-refractivity contribution in [2.45, 2.75) is 24.8 Å². The molecule has 0 aliphatic heterocycles. The quantitative estimate of drug-likeness (QED) is 0.827. The van der Waals surface area contributed by atoms with Crippen LogP contribution in [0.15, 0.2) is 29.2 Å². The van der Waals surface area contributed by atoms with Crippen molar-refractivity contribution in [1.29, 1.82) is 0 Å². The van der Waals surface area contributed by atoms with E-state index in [1.165, 1.54) is 18.4 Å². The lowest BCUT2D eigenvalue weighted by Gasteiger charge is -2.20. The summed E-state index contributed by atoms with van der Waals surface area (Å²) in [7, 11) is -0.406. The molecule has 0 aliphatic carbocycles. The summed E-state index contributed by atoms with van der Waals surface area (Å²) >= 11 is 0. The highest BCUT2D eigenvalue weighted by molar-refractivity contribution is 7.89. The summed E-state index contributed by atoms with van der Waals surface area (Å²) in [5.74, 6) is 0.338. The van der Waals surface area contributed by atoms with Crippen LogP contribution in [0.25, 0.3) is 0 Å². The van der Waals surface area contributed by atoms with E-state index in [2.05, 4.69) is 5.32 Å². The lowest BCUT2D eigenvalue weighted by atomic mass is 10.1. The molecule has 0 aliphatic rings. The molecule has 1 unspecified atom stereocenters. The lowest BCUT2D eigenvalue weighted by molar-refractivity contribution is 0.510. The first kappa shape index (κ1) is 15.9. The highest BCUT2D eigenvalue weighted by Gasteiger charge is 2.21. The second kappa shape index (κ2) is 6.36. The van der Waals surface area contributed by atoms with E-state index in [9.17, 15) is 8.42 Å². The van der Waals surface area contributed by atoms with Crippen molar-refractivity contribution in [3.63, 3.8) is 0 Å². The van der Waals surface area contributed by atoms with Gasteiger partial charge >= 0.3 is 0 Å². The number of anilines is 1. The first-order valence-corrected chi connectivity index (χ1v) is 7.72. The van der Waals surface area contributed by atoms with Gasteiger partial charge in [-0.3, -0.25) is 0 Å². The topological polar surface area (TPSA) is 75.4 Å². The Hall–Kier alpha value is -1.11. The molecular formula is C13H23N3O2S. The van der Waals surface area contributed by atoms with E-state index >= 15 is 0 Å². The smallest absolute Gasteiger partial charge is 0.244 e. The minimum Gasteiger partial charge on any atom is -0.382 e. The molecule has 0 bridgehead atoms. The molecule has 0 heterocycles. The number of sulfonamides is 1. The van der Waals surface area contributed by atoms with Crippen molar-refractivity contribution >= 4 is 15.7 Å². The van der Waals surface area contributed by atoms with Crippen LogP contribution in [0.3, 0.4) is 0 Å². The van der Waals surface area contributed by atoms with Gasteiger partial charge in [-0.1, -0.05) is 26.0 Å². The van der Waals surface area contributed by atoms with E-state index in [-0.39, 0.29) is 10.9 Å². The number of para-hydroxylation sites is 1. The van der Waals surface area contributed by atoms with Crippen LogP contribution in [-0.4, -0.2) is 39.4 Å². The molecule has 108 valence electrons. The third kappa shape index (κ3) is 3.92. The van der Waals surface area contributed by atoms with E-state index in [0.717, 1.165) is 0 Å². The largest absolute Gasteiger partial charge is 0.382 e. The van der Waals surface area contributed by atoms with E-state index in [4.69, 9.17) is 5.73 Å². The van der Waals surface area contributed by atoms with E-state index < -0.39 is 10.0 Å². The average Bonchev–Trinajstić information content (AvgIpc) is 2.35. The molecular weight excluding hydrogens is 262 g/mol. The molecule has 0 amide bonds. The molecule has 0 aromatic heterocycles. The molecule has 6 heteroatoms. The Morgan fingerprint density at radius 2 is 1.84 bits per heavy atom. The number of nitrogens with two attached hydrogens (primary N) is 1. The number of benzene rings is 1. The van der Waals surface area contributed by atoms with Gasteiger partial charge in [0, 0.05) is 26.7 Å². The maximum absolute atomic E-state index is 12.2. The zero-order valence-corrected chi connectivity index (χ0v) is 12.7. The van der Waals surface area contributed by atoms with Crippen LogP contribution in [0.4, 0.5) is 5.69 Å². The molecule has 0 radical (unpaired) electrons. The predicted molar refractivity (Wildman–Crippen MR) is 78.6 cm³/mol. The zero-order valence-electron chi connectivity index (χ0n) is 11.9. The van der Waals surface area contributed by atoms with Gasteiger partial charge in [0.25, 0.3) is 0 Å². The second-order valence-corrected chi connectivity index (χ2v) is 7.19. The summed E-state index contributed by atoms with van der Waals surface area (Å²) < 4.78 is 25.6. The molecule has 1 atom stereocenters. The van der Waals surface area contributed by atoms with Crippen LogP contribution < -0.4 is 11.1 Å². The number of nitrogens with zero attached hydrogens (tertiary/aromatic N) is 1. The number of rotatable bonds is 6. The summed E-state index contributed by atoms with van der Waals surface area (Å²) in [5.41, 5.74) is 6.55. The fourth-order valence-electron chi connectivity index (χ4n) is 1.50. The molecule has 0 spiro atoms. The van der Waals surface area contributed by atoms with Gasteiger partial charge in [0.2, 0.25) is 10.0 Å². The Kier molecular flexibility index (Phi) is 5.34.